The lowest BCUT2D eigenvalue weighted by Crippen LogP contribution is -1.82. The van der Waals surface area contributed by atoms with Gasteiger partial charge in [0.15, 0.2) is 0 Å². The van der Waals surface area contributed by atoms with E-state index in [1.165, 1.54) is 0 Å². The zero-order valence-electron chi connectivity index (χ0n) is 18.0. The number of nitrogens with zero attached hydrogens (tertiary/aromatic N) is 2. The number of benzene rings is 3. The van der Waals surface area contributed by atoms with E-state index in [4.69, 9.17) is 5.11 Å². The third-order valence-corrected chi connectivity index (χ3v) is 4.43. The first-order valence-electron chi connectivity index (χ1n) is 9.79. The molecule has 0 aliphatic carbocycles. The van der Waals surface area contributed by atoms with Crippen LogP contribution in [0.25, 0.3) is 21.8 Å². The molecule has 3 N–H and O–H groups in total. The van der Waals surface area contributed by atoms with Gasteiger partial charge in [-0.25, -0.2) is 9.97 Å². The van der Waals surface area contributed by atoms with Crippen molar-refractivity contribution in [2.75, 3.05) is 0 Å². The van der Waals surface area contributed by atoms with Crippen LogP contribution in [0.2, 0.25) is 0 Å². The number of rotatable bonds is 0. The molecule has 0 atom stereocenters. The molecule has 159 valence electrons. The first-order valence-corrected chi connectivity index (χ1v) is 9.79. The van der Waals surface area contributed by atoms with Gasteiger partial charge in [-0.15, -0.1) is 0 Å². The molecule has 0 unspecified atom stereocenters. The largest absolute Gasteiger partial charge is 0.508 e. The zero-order valence-corrected chi connectivity index (χ0v) is 19.1. The molecule has 2 heterocycles. The van der Waals surface area contributed by atoms with E-state index in [9.17, 15) is 10.2 Å². The molecule has 3 aromatic carbocycles. The topological polar surface area (TPSA) is 86.5 Å². The van der Waals surface area contributed by atoms with Crippen LogP contribution in [-0.2, 0) is 0 Å². The van der Waals surface area contributed by atoms with Gasteiger partial charge in [0, 0.05) is 39.5 Å². The zero-order chi connectivity index (χ0) is 22.2. The van der Waals surface area contributed by atoms with Gasteiger partial charge in [0.25, 0.3) is 0 Å². The molecule has 32 heavy (non-hydrogen) atoms. The Balaban J connectivity index is 0.000000174. The lowest BCUT2D eigenvalue weighted by molar-refractivity contribution is 0.475. The molecule has 0 saturated heterocycles. The summed E-state index contributed by atoms with van der Waals surface area (Å²) in [6.07, 6.45) is 0. The lowest BCUT2D eigenvalue weighted by Gasteiger charge is -1.99. The number of pyridine rings is 2. The Hall–Kier alpha value is -3.59. The molecule has 0 aliphatic heterocycles. The summed E-state index contributed by atoms with van der Waals surface area (Å²) in [6.45, 7) is 3.82. The van der Waals surface area contributed by atoms with Crippen molar-refractivity contribution in [1.82, 2.24) is 9.97 Å². The number of hydrogen-bond acceptors (Lipinski definition) is 5. The Kier molecular flexibility index (Phi) is 9.03. The molecular weight excluding hydrogens is 415 g/mol. The van der Waals surface area contributed by atoms with Crippen LogP contribution in [0, 0.1) is 13.8 Å². The molecule has 5 aromatic rings. The second kappa shape index (κ2) is 11.7. The molecule has 2 aromatic heterocycles. The van der Waals surface area contributed by atoms with Crippen molar-refractivity contribution >= 4 is 39.2 Å². The van der Waals surface area contributed by atoms with E-state index in [1.54, 1.807) is 36.4 Å². The standard InChI is InChI=1S/2C10H9NO.C6H6O.Al/c2*1-7-5-6-8-3-2-4-9(12)10(8)11-7;7-6-4-2-1-3-5-6;/h2*2-6,12H,1H3;1-5,7H;. The molecule has 6 heteroatoms. The van der Waals surface area contributed by atoms with Crippen LogP contribution in [-0.4, -0.2) is 42.6 Å². The molecule has 0 bridgehead atoms. The third kappa shape index (κ3) is 6.71. The van der Waals surface area contributed by atoms with Gasteiger partial charge < -0.3 is 15.3 Å². The van der Waals surface area contributed by atoms with Gasteiger partial charge in [-0.2, -0.15) is 0 Å². The summed E-state index contributed by atoms with van der Waals surface area (Å²) >= 11 is 0. The fraction of sp³-hybridized carbons (Fsp3) is 0.0769. The Bertz CT molecular complexity index is 1210. The minimum atomic E-state index is 0. The van der Waals surface area contributed by atoms with Gasteiger partial charge in [-0.3, -0.25) is 0 Å². The van der Waals surface area contributed by atoms with Gasteiger partial charge >= 0.3 is 0 Å². The quantitative estimate of drug-likeness (QED) is 0.277. The minimum absolute atomic E-state index is 0. The Labute approximate surface area is 197 Å². The summed E-state index contributed by atoms with van der Waals surface area (Å²) in [5.41, 5.74) is 3.20. The average molecular weight is 439 g/mol. The predicted molar refractivity (Wildman–Crippen MR) is 130 cm³/mol. The first-order chi connectivity index (χ1) is 14.9. The predicted octanol–water partition coefficient (Wildman–Crippen LogP) is 5.51. The second-order valence-corrected chi connectivity index (χ2v) is 6.94. The molecule has 0 saturated carbocycles. The number of fused-ring (bicyclic) bond motifs is 2. The van der Waals surface area contributed by atoms with Crippen LogP contribution in [0.4, 0.5) is 0 Å². The van der Waals surface area contributed by atoms with Crippen LogP contribution < -0.4 is 0 Å². The third-order valence-electron chi connectivity index (χ3n) is 4.43. The highest BCUT2D eigenvalue weighted by molar-refractivity contribution is 5.84. The minimum Gasteiger partial charge on any atom is -0.508 e. The van der Waals surface area contributed by atoms with Crippen LogP contribution in [0.1, 0.15) is 11.4 Å². The molecule has 0 aliphatic rings. The maximum Gasteiger partial charge on any atom is 0.141 e. The second-order valence-electron chi connectivity index (χ2n) is 6.94. The number of aromatic nitrogens is 2. The Morgan fingerprint density at radius 1 is 0.500 bits per heavy atom. The van der Waals surface area contributed by atoms with Crippen molar-refractivity contribution in [2.24, 2.45) is 0 Å². The molecule has 5 nitrogen and oxygen atoms in total. The van der Waals surface area contributed by atoms with Gasteiger partial charge in [-0.1, -0.05) is 54.6 Å². The molecule has 0 fully saturated rings. The molecule has 3 radical (unpaired) electrons. The highest BCUT2D eigenvalue weighted by Gasteiger charge is 2.00. The van der Waals surface area contributed by atoms with Gasteiger partial charge in [0.2, 0.25) is 0 Å². The molecular formula is C26H24AlN2O3. The van der Waals surface area contributed by atoms with Crippen LogP contribution >= 0.6 is 0 Å². The Morgan fingerprint density at radius 3 is 1.31 bits per heavy atom. The van der Waals surface area contributed by atoms with E-state index >= 15 is 0 Å². The summed E-state index contributed by atoms with van der Waals surface area (Å²) in [7, 11) is 0. The summed E-state index contributed by atoms with van der Waals surface area (Å²) in [5, 5.41) is 29.4. The lowest BCUT2D eigenvalue weighted by atomic mass is 10.2. The maximum absolute atomic E-state index is 9.43. The van der Waals surface area contributed by atoms with Crippen molar-refractivity contribution in [2.45, 2.75) is 13.8 Å². The van der Waals surface area contributed by atoms with Crippen molar-refractivity contribution in [3.63, 3.8) is 0 Å². The van der Waals surface area contributed by atoms with E-state index in [0.29, 0.717) is 16.8 Å². The molecule has 0 spiro atoms. The van der Waals surface area contributed by atoms with E-state index < -0.39 is 0 Å². The number of phenols is 3. The van der Waals surface area contributed by atoms with Crippen LogP contribution in [0.15, 0.2) is 91.0 Å². The van der Waals surface area contributed by atoms with E-state index in [0.717, 1.165) is 22.2 Å². The molecule has 0 amide bonds. The smallest absolute Gasteiger partial charge is 0.141 e. The number of aryl methyl sites for hydroxylation is 2. The SMILES string of the molecule is Cc1ccc2cccc(O)c2n1.Cc1ccc2cccc(O)c2n1.Oc1ccccc1.[Al]. The van der Waals surface area contributed by atoms with Gasteiger partial charge in [0.1, 0.15) is 28.3 Å². The number of phenolic OH excluding ortho intramolecular Hbond substituents is 3. The van der Waals surface area contributed by atoms with Crippen LogP contribution in [0.5, 0.6) is 17.2 Å². The van der Waals surface area contributed by atoms with Crippen molar-refractivity contribution in [1.29, 1.82) is 0 Å². The fourth-order valence-electron chi connectivity index (χ4n) is 2.89. The highest BCUT2D eigenvalue weighted by Crippen LogP contribution is 2.22. The normalized spacial score (nSPS) is 9.69. The summed E-state index contributed by atoms with van der Waals surface area (Å²) < 4.78 is 0. The van der Waals surface area contributed by atoms with E-state index in [1.807, 2.05) is 68.4 Å². The highest BCUT2D eigenvalue weighted by atomic mass is 27.0. The average Bonchev–Trinajstić information content (AvgIpc) is 2.77. The van der Waals surface area contributed by atoms with Crippen molar-refractivity contribution < 1.29 is 15.3 Å². The number of aromatic hydroxyl groups is 3. The van der Waals surface area contributed by atoms with Crippen molar-refractivity contribution in [3.8, 4) is 17.2 Å². The van der Waals surface area contributed by atoms with Crippen molar-refractivity contribution in [3.05, 3.63) is 102 Å². The monoisotopic (exact) mass is 439 g/mol. The summed E-state index contributed by atoms with van der Waals surface area (Å²) in [6, 6.07) is 27.3. The van der Waals surface area contributed by atoms with Gasteiger partial charge in [-0.05, 0) is 50.2 Å². The number of hydrogen-bond donors (Lipinski definition) is 3. The summed E-state index contributed by atoms with van der Waals surface area (Å²) in [5.74, 6) is 0.815. The molecule has 5 rings (SSSR count). The van der Waals surface area contributed by atoms with E-state index in [2.05, 4.69) is 9.97 Å². The fourth-order valence-corrected chi connectivity index (χ4v) is 2.89. The summed E-state index contributed by atoms with van der Waals surface area (Å²) in [4.78, 5) is 8.45. The van der Waals surface area contributed by atoms with E-state index in [-0.39, 0.29) is 28.9 Å². The van der Waals surface area contributed by atoms with Crippen LogP contribution in [0.3, 0.4) is 0 Å². The first kappa shape index (κ1) is 24.7. The maximum atomic E-state index is 9.43. The number of para-hydroxylation sites is 3. The Morgan fingerprint density at radius 2 is 0.938 bits per heavy atom. The van der Waals surface area contributed by atoms with Gasteiger partial charge in [0.05, 0.1) is 0 Å².